The van der Waals surface area contributed by atoms with Crippen molar-refractivity contribution in [2.75, 3.05) is 0 Å². The Morgan fingerprint density at radius 1 is 1.00 bits per heavy atom. The lowest BCUT2D eigenvalue weighted by atomic mass is 9.88. The molecule has 25 heavy (non-hydrogen) atoms. The third-order valence-electron chi connectivity index (χ3n) is 5.90. The molecule has 0 bridgehead atoms. The van der Waals surface area contributed by atoms with E-state index < -0.39 is 0 Å². The first-order valence-electron chi connectivity index (χ1n) is 9.74. The Bertz CT molecular complexity index is 817. The van der Waals surface area contributed by atoms with E-state index >= 15 is 0 Å². The van der Waals surface area contributed by atoms with Crippen LogP contribution in [0.5, 0.6) is 0 Å². The number of benzene rings is 1. The van der Waals surface area contributed by atoms with Crippen LogP contribution in [0.4, 0.5) is 0 Å². The highest BCUT2D eigenvalue weighted by Gasteiger charge is 2.22. The summed E-state index contributed by atoms with van der Waals surface area (Å²) in [6.07, 6.45) is 11.1. The Morgan fingerprint density at radius 2 is 1.80 bits per heavy atom. The van der Waals surface area contributed by atoms with Gasteiger partial charge >= 0.3 is 0 Å². The van der Waals surface area contributed by atoms with Gasteiger partial charge in [-0.3, -0.25) is 4.79 Å². The number of aryl methyl sites for hydroxylation is 1. The highest BCUT2D eigenvalue weighted by molar-refractivity contribution is 6.30. The van der Waals surface area contributed by atoms with Crippen LogP contribution in [0.3, 0.4) is 0 Å². The summed E-state index contributed by atoms with van der Waals surface area (Å²) >= 11 is 6.18. The van der Waals surface area contributed by atoms with Crippen molar-refractivity contribution >= 4 is 11.6 Å². The lowest BCUT2D eigenvalue weighted by Gasteiger charge is -2.27. The van der Waals surface area contributed by atoms with Gasteiger partial charge in [0.1, 0.15) is 0 Å². The molecule has 0 atom stereocenters. The Hall–Kier alpha value is -1.54. The molecule has 0 spiro atoms. The summed E-state index contributed by atoms with van der Waals surface area (Å²) in [5.74, 6) is 0.659. The summed E-state index contributed by atoms with van der Waals surface area (Å²) in [6.45, 7) is 0.898. The predicted molar refractivity (Wildman–Crippen MR) is 104 cm³/mol. The summed E-state index contributed by atoms with van der Waals surface area (Å²) in [5, 5.41) is 0.688. The molecular weight excluding hydrogens is 330 g/mol. The molecule has 0 unspecified atom stereocenters. The van der Waals surface area contributed by atoms with E-state index in [2.05, 4.69) is 10.6 Å². The van der Waals surface area contributed by atoms with Crippen molar-refractivity contribution in [2.24, 2.45) is 5.92 Å². The normalized spacial score (nSPS) is 18.1. The van der Waals surface area contributed by atoms with E-state index in [-0.39, 0.29) is 5.56 Å². The first kappa shape index (κ1) is 16.9. The van der Waals surface area contributed by atoms with Crippen LogP contribution in [-0.2, 0) is 19.4 Å². The molecule has 1 saturated carbocycles. The first-order chi connectivity index (χ1) is 12.2. The lowest BCUT2D eigenvalue weighted by molar-refractivity contribution is 0.311. The first-order valence-corrected chi connectivity index (χ1v) is 10.1. The molecule has 1 aromatic carbocycles. The van der Waals surface area contributed by atoms with Crippen molar-refractivity contribution in [3.05, 3.63) is 57.0 Å². The van der Waals surface area contributed by atoms with E-state index in [1.54, 1.807) is 0 Å². The van der Waals surface area contributed by atoms with Gasteiger partial charge in [-0.15, -0.1) is 0 Å². The molecule has 2 aliphatic rings. The van der Waals surface area contributed by atoms with Crippen molar-refractivity contribution in [3.8, 4) is 11.1 Å². The smallest absolute Gasteiger partial charge is 0.258 e. The van der Waals surface area contributed by atoms with E-state index in [1.807, 2.05) is 24.3 Å². The second-order valence-electron chi connectivity index (χ2n) is 7.67. The predicted octanol–water partition coefficient (Wildman–Crippen LogP) is 5.63. The minimum Gasteiger partial charge on any atom is -0.312 e. The maximum atomic E-state index is 13.3. The number of fused-ring (bicyclic) bond motifs is 1. The Balaban J connectivity index is 1.80. The molecule has 2 nitrogen and oxygen atoms in total. The summed E-state index contributed by atoms with van der Waals surface area (Å²) in [7, 11) is 0. The molecule has 3 heteroatoms. The van der Waals surface area contributed by atoms with Gasteiger partial charge in [0.25, 0.3) is 5.56 Å². The number of halogens is 1. The lowest BCUT2D eigenvalue weighted by Crippen LogP contribution is -2.31. The molecule has 0 amide bonds. The highest BCUT2D eigenvalue weighted by Crippen LogP contribution is 2.29. The van der Waals surface area contributed by atoms with Gasteiger partial charge < -0.3 is 4.57 Å². The molecule has 1 aromatic heterocycles. The van der Waals surface area contributed by atoms with E-state index in [4.69, 9.17) is 11.6 Å². The van der Waals surface area contributed by atoms with Gasteiger partial charge in [0, 0.05) is 22.8 Å². The number of pyridine rings is 1. The molecular formula is C22H26ClNO. The van der Waals surface area contributed by atoms with Gasteiger partial charge in [-0.1, -0.05) is 43.0 Å². The van der Waals surface area contributed by atoms with Gasteiger partial charge in [0.2, 0.25) is 0 Å². The maximum Gasteiger partial charge on any atom is 0.258 e. The van der Waals surface area contributed by atoms with E-state index in [9.17, 15) is 4.79 Å². The number of rotatable bonds is 3. The van der Waals surface area contributed by atoms with Crippen LogP contribution in [0.1, 0.15) is 56.2 Å². The SMILES string of the molecule is O=c1c(-c2cccc(Cl)c2)cc2c(n1CC1CCCCC1)CCCC2. The largest absolute Gasteiger partial charge is 0.312 e. The average molecular weight is 356 g/mol. The molecule has 1 fully saturated rings. The van der Waals surface area contributed by atoms with Crippen LogP contribution in [-0.4, -0.2) is 4.57 Å². The van der Waals surface area contributed by atoms with Crippen LogP contribution in [0.2, 0.25) is 5.02 Å². The molecule has 0 radical (unpaired) electrons. The van der Waals surface area contributed by atoms with E-state index in [0.717, 1.165) is 30.5 Å². The molecule has 4 rings (SSSR count). The fourth-order valence-electron chi connectivity index (χ4n) is 4.56. The van der Waals surface area contributed by atoms with Crippen molar-refractivity contribution in [2.45, 2.75) is 64.3 Å². The van der Waals surface area contributed by atoms with Crippen LogP contribution in [0.25, 0.3) is 11.1 Å². The molecule has 0 N–H and O–H groups in total. The summed E-state index contributed by atoms with van der Waals surface area (Å²) in [5.41, 5.74) is 4.61. The zero-order chi connectivity index (χ0) is 17.2. The number of hydrogen-bond acceptors (Lipinski definition) is 1. The van der Waals surface area contributed by atoms with Crippen LogP contribution >= 0.6 is 11.6 Å². The maximum absolute atomic E-state index is 13.3. The van der Waals surface area contributed by atoms with Crippen molar-refractivity contribution in [1.29, 1.82) is 0 Å². The number of hydrogen-bond donors (Lipinski definition) is 0. The third kappa shape index (κ3) is 3.55. The number of nitrogens with zero attached hydrogens (tertiary/aromatic N) is 1. The monoisotopic (exact) mass is 355 g/mol. The average Bonchev–Trinajstić information content (AvgIpc) is 2.65. The molecule has 2 aromatic rings. The van der Waals surface area contributed by atoms with Crippen LogP contribution < -0.4 is 5.56 Å². The standard InChI is InChI=1S/C22H26ClNO/c23-19-11-6-10-17(13-19)20-14-18-9-4-5-12-21(18)24(22(20)25)15-16-7-2-1-3-8-16/h6,10-11,13-14,16H,1-5,7-9,12,15H2. The third-order valence-corrected chi connectivity index (χ3v) is 6.14. The van der Waals surface area contributed by atoms with Gasteiger partial charge in [0.15, 0.2) is 0 Å². The zero-order valence-electron chi connectivity index (χ0n) is 14.8. The van der Waals surface area contributed by atoms with Crippen molar-refractivity contribution in [3.63, 3.8) is 0 Å². The van der Waals surface area contributed by atoms with E-state index in [0.29, 0.717) is 10.9 Å². The van der Waals surface area contributed by atoms with Gasteiger partial charge in [0.05, 0.1) is 0 Å². The minimum absolute atomic E-state index is 0.175. The van der Waals surface area contributed by atoms with Gasteiger partial charge in [-0.2, -0.15) is 0 Å². The zero-order valence-corrected chi connectivity index (χ0v) is 15.5. The second-order valence-corrected chi connectivity index (χ2v) is 8.10. The molecule has 0 aliphatic heterocycles. The van der Waals surface area contributed by atoms with E-state index in [1.165, 1.54) is 56.2 Å². The van der Waals surface area contributed by atoms with Gasteiger partial charge in [-0.25, -0.2) is 0 Å². The summed E-state index contributed by atoms with van der Waals surface area (Å²) in [6, 6.07) is 9.85. The summed E-state index contributed by atoms with van der Waals surface area (Å²) in [4.78, 5) is 13.3. The second kappa shape index (κ2) is 7.37. The fourth-order valence-corrected chi connectivity index (χ4v) is 4.75. The Labute approximate surface area is 154 Å². The molecule has 2 aliphatic carbocycles. The Kier molecular flexibility index (Phi) is 4.98. The van der Waals surface area contributed by atoms with Crippen molar-refractivity contribution < 1.29 is 0 Å². The molecule has 132 valence electrons. The quantitative estimate of drug-likeness (QED) is 0.699. The van der Waals surface area contributed by atoms with Gasteiger partial charge in [-0.05, 0) is 73.8 Å². The topological polar surface area (TPSA) is 22.0 Å². The summed E-state index contributed by atoms with van der Waals surface area (Å²) < 4.78 is 2.13. The highest BCUT2D eigenvalue weighted by atomic mass is 35.5. The minimum atomic E-state index is 0.175. The van der Waals surface area contributed by atoms with Crippen LogP contribution in [0.15, 0.2) is 35.1 Å². The Morgan fingerprint density at radius 3 is 2.60 bits per heavy atom. The fraction of sp³-hybridized carbons (Fsp3) is 0.500. The van der Waals surface area contributed by atoms with Crippen molar-refractivity contribution in [1.82, 2.24) is 4.57 Å². The van der Waals surface area contributed by atoms with Crippen LogP contribution in [0, 0.1) is 5.92 Å². The number of aromatic nitrogens is 1. The molecule has 0 saturated heterocycles. The molecule has 1 heterocycles.